The second-order valence-electron chi connectivity index (χ2n) is 5.12. The molecule has 0 unspecified atom stereocenters. The summed E-state index contributed by atoms with van der Waals surface area (Å²) in [6.45, 7) is 5.56. The van der Waals surface area contributed by atoms with Gasteiger partial charge in [-0.25, -0.2) is 9.97 Å². The number of carbonyl (C=O) groups excluding carboxylic acids is 1. The van der Waals surface area contributed by atoms with E-state index in [1.807, 2.05) is 25.3 Å². The van der Waals surface area contributed by atoms with Gasteiger partial charge in [0.05, 0.1) is 11.8 Å². The second-order valence-corrected chi connectivity index (χ2v) is 6.98. The smallest absolute Gasteiger partial charge is 0.231 e. The maximum atomic E-state index is 12.0. The first kappa shape index (κ1) is 15.7. The van der Waals surface area contributed by atoms with Crippen LogP contribution in [0.5, 0.6) is 0 Å². The van der Waals surface area contributed by atoms with Gasteiger partial charge in [0.25, 0.3) is 0 Å². The van der Waals surface area contributed by atoms with E-state index in [1.165, 1.54) is 18.1 Å². The quantitative estimate of drug-likeness (QED) is 0.677. The lowest BCUT2D eigenvalue weighted by molar-refractivity contribution is -0.120. The molecule has 21 heavy (non-hydrogen) atoms. The Morgan fingerprint density at radius 1 is 1.57 bits per heavy atom. The van der Waals surface area contributed by atoms with Crippen molar-refractivity contribution in [2.24, 2.45) is 5.92 Å². The van der Waals surface area contributed by atoms with E-state index in [9.17, 15) is 10.1 Å². The van der Waals surface area contributed by atoms with E-state index in [4.69, 9.17) is 0 Å². The average Bonchev–Trinajstić information content (AvgIpc) is 2.93. The number of hydrogen-bond donors (Lipinski definition) is 1. The molecule has 0 aliphatic carbocycles. The van der Waals surface area contributed by atoms with Crippen LogP contribution in [0.4, 0.5) is 0 Å². The fraction of sp³-hybridized carbons (Fsp3) is 0.429. The number of fused-ring (bicyclic) bond motifs is 1. The summed E-state index contributed by atoms with van der Waals surface area (Å²) in [4.78, 5) is 21.4. The molecule has 1 atom stereocenters. The van der Waals surface area contributed by atoms with Crippen LogP contribution in [0, 0.1) is 17.2 Å². The molecule has 0 aliphatic rings. The third-order valence-electron chi connectivity index (χ3n) is 3.35. The molecule has 5 nitrogen and oxygen atoms in total. The minimum Gasteiger partial charge on any atom is -0.337 e. The van der Waals surface area contributed by atoms with Crippen molar-refractivity contribution in [2.75, 3.05) is 5.75 Å². The van der Waals surface area contributed by atoms with E-state index in [1.54, 1.807) is 18.3 Å². The molecular weight excluding hydrogens is 304 g/mol. The summed E-state index contributed by atoms with van der Waals surface area (Å²) in [5.74, 6) is 0.102. The van der Waals surface area contributed by atoms with Crippen LogP contribution >= 0.6 is 23.1 Å². The van der Waals surface area contributed by atoms with Crippen molar-refractivity contribution in [1.82, 2.24) is 15.3 Å². The van der Waals surface area contributed by atoms with Crippen LogP contribution in [0.15, 0.2) is 22.8 Å². The van der Waals surface area contributed by atoms with Gasteiger partial charge in [0.15, 0.2) is 0 Å². The molecule has 0 radical (unpaired) electrons. The number of rotatable bonds is 5. The summed E-state index contributed by atoms with van der Waals surface area (Å²) < 4.78 is 0. The number of aromatic nitrogens is 2. The zero-order valence-corrected chi connectivity index (χ0v) is 13.7. The lowest BCUT2D eigenvalue weighted by Gasteiger charge is -2.27. The Hall–Kier alpha value is -1.65. The van der Waals surface area contributed by atoms with E-state index in [0.717, 1.165) is 15.2 Å². The molecule has 2 heterocycles. The molecular formula is C14H16N4OS2. The first-order chi connectivity index (χ1) is 9.96. The fourth-order valence-corrected chi connectivity index (χ4v) is 3.22. The number of thiophene rings is 1. The lowest BCUT2D eigenvalue weighted by atomic mass is 9.90. The van der Waals surface area contributed by atoms with Gasteiger partial charge in [0, 0.05) is 5.39 Å². The average molecular weight is 320 g/mol. The Labute approximate surface area is 131 Å². The molecule has 0 bridgehead atoms. The highest BCUT2D eigenvalue weighted by Gasteiger charge is 2.29. The van der Waals surface area contributed by atoms with Gasteiger partial charge < -0.3 is 5.32 Å². The molecule has 1 amide bonds. The summed E-state index contributed by atoms with van der Waals surface area (Å²) in [7, 11) is 0. The summed E-state index contributed by atoms with van der Waals surface area (Å²) in [5.41, 5.74) is -0.846. The van der Waals surface area contributed by atoms with Gasteiger partial charge in [0.1, 0.15) is 21.7 Å². The summed E-state index contributed by atoms with van der Waals surface area (Å²) in [6, 6.07) is 4.12. The molecule has 7 heteroatoms. The summed E-state index contributed by atoms with van der Waals surface area (Å²) >= 11 is 2.90. The molecule has 0 fully saturated rings. The third-order valence-corrected chi connectivity index (χ3v) is 5.18. The van der Waals surface area contributed by atoms with E-state index >= 15 is 0 Å². The number of nitrogens with one attached hydrogen (secondary N) is 1. The molecule has 1 N–H and O–H groups in total. The lowest BCUT2D eigenvalue weighted by Crippen LogP contribution is -2.49. The van der Waals surface area contributed by atoms with E-state index in [-0.39, 0.29) is 17.6 Å². The zero-order chi connectivity index (χ0) is 15.5. The van der Waals surface area contributed by atoms with Crippen LogP contribution in [0.25, 0.3) is 10.2 Å². The Morgan fingerprint density at radius 2 is 2.33 bits per heavy atom. The third kappa shape index (κ3) is 3.52. The summed E-state index contributed by atoms with van der Waals surface area (Å²) in [6.07, 6.45) is 1.51. The molecule has 110 valence electrons. The van der Waals surface area contributed by atoms with Crippen LogP contribution < -0.4 is 5.32 Å². The van der Waals surface area contributed by atoms with Gasteiger partial charge in [-0.3, -0.25) is 4.79 Å². The highest BCUT2D eigenvalue weighted by molar-refractivity contribution is 8.00. The molecule has 2 rings (SSSR count). The normalized spacial score (nSPS) is 13.9. The predicted octanol–water partition coefficient (Wildman–Crippen LogP) is 2.84. The van der Waals surface area contributed by atoms with Crippen molar-refractivity contribution >= 4 is 39.2 Å². The van der Waals surface area contributed by atoms with Crippen molar-refractivity contribution < 1.29 is 4.79 Å². The minimum absolute atomic E-state index is 0.0408. The van der Waals surface area contributed by atoms with Crippen LogP contribution in [-0.4, -0.2) is 27.2 Å². The molecule has 0 aromatic carbocycles. The Morgan fingerprint density at radius 3 is 3.00 bits per heavy atom. The topological polar surface area (TPSA) is 78.7 Å². The summed E-state index contributed by atoms with van der Waals surface area (Å²) in [5, 5.41) is 15.7. The van der Waals surface area contributed by atoms with Gasteiger partial charge >= 0.3 is 0 Å². The predicted molar refractivity (Wildman–Crippen MR) is 85.1 cm³/mol. The SMILES string of the molecule is CC(C)[C@](C)(C#N)NC(=O)CSc1ncnc2sccc12. The first-order valence-electron chi connectivity index (χ1n) is 6.49. The standard InChI is InChI=1S/C14H16N4OS2/c1-9(2)14(3,7-15)18-11(19)6-21-13-10-4-5-20-12(10)16-8-17-13/h4-5,8-9H,6H2,1-3H3,(H,18,19)/t14-/m0/s1. The molecule has 0 saturated heterocycles. The Balaban J connectivity index is 2.02. The van der Waals surface area contributed by atoms with Crippen molar-refractivity contribution in [1.29, 1.82) is 5.26 Å². The zero-order valence-electron chi connectivity index (χ0n) is 12.1. The Bertz CT molecular complexity index is 692. The van der Waals surface area contributed by atoms with Crippen LogP contribution in [-0.2, 0) is 4.79 Å². The highest BCUT2D eigenvalue weighted by Crippen LogP contribution is 2.27. The van der Waals surface area contributed by atoms with Gasteiger partial charge in [-0.2, -0.15) is 5.26 Å². The van der Waals surface area contributed by atoms with Gasteiger partial charge in [-0.1, -0.05) is 25.6 Å². The minimum atomic E-state index is -0.846. The number of hydrogen-bond acceptors (Lipinski definition) is 6. The highest BCUT2D eigenvalue weighted by atomic mass is 32.2. The van der Waals surface area contributed by atoms with Gasteiger partial charge in [-0.05, 0) is 24.3 Å². The number of carbonyl (C=O) groups is 1. The first-order valence-corrected chi connectivity index (χ1v) is 8.36. The van der Waals surface area contributed by atoms with Gasteiger partial charge in [-0.15, -0.1) is 11.3 Å². The van der Waals surface area contributed by atoms with Crippen molar-refractivity contribution in [3.8, 4) is 6.07 Å². The largest absolute Gasteiger partial charge is 0.337 e. The van der Waals surface area contributed by atoms with Crippen LogP contribution in [0.1, 0.15) is 20.8 Å². The maximum absolute atomic E-state index is 12.0. The molecule has 2 aromatic heterocycles. The second kappa shape index (κ2) is 6.41. The number of thioether (sulfide) groups is 1. The van der Waals surface area contributed by atoms with E-state index < -0.39 is 5.54 Å². The number of nitrogens with zero attached hydrogens (tertiary/aromatic N) is 3. The number of nitriles is 1. The fourth-order valence-electron chi connectivity index (χ4n) is 1.64. The van der Waals surface area contributed by atoms with Crippen molar-refractivity contribution in [2.45, 2.75) is 31.3 Å². The van der Waals surface area contributed by atoms with Crippen molar-refractivity contribution in [3.63, 3.8) is 0 Å². The number of amides is 1. The van der Waals surface area contributed by atoms with Gasteiger partial charge in [0.2, 0.25) is 5.91 Å². The molecule has 0 spiro atoms. The molecule has 0 saturated carbocycles. The van der Waals surface area contributed by atoms with Crippen LogP contribution in [0.3, 0.4) is 0 Å². The van der Waals surface area contributed by atoms with E-state index in [2.05, 4.69) is 21.4 Å². The monoisotopic (exact) mass is 320 g/mol. The molecule has 2 aromatic rings. The molecule has 0 aliphatic heterocycles. The maximum Gasteiger partial charge on any atom is 0.231 e. The van der Waals surface area contributed by atoms with E-state index in [0.29, 0.717) is 0 Å². The Kier molecular flexibility index (Phi) is 4.80. The van der Waals surface area contributed by atoms with Crippen molar-refractivity contribution in [3.05, 3.63) is 17.8 Å². The van der Waals surface area contributed by atoms with Crippen LogP contribution in [0.2, 0.25) is 0 Å².